The van der Waals surface area contributed by atoms with Crippen LogP contribution in [0.1, 0.15) is 23.1 Å². The molecule has 0 aliphatic carbocycles. The van der Waals surface area contributed by atoms with Crippen molar-refractivity contribution in [2.45, 2.75) is 25.6 Å². The standard InChI is InChI=1S/C14H12F3N5O/c15-14(16,17)13-18-9-22(20-13)8-12-19-11(21-23-12)7-6-10-4-2-1-3-5-10/h1-5,9H,6-8H2. The smallest absolute Gasteiger partial charge is 0.337 e. The summed E-state index contributed by atoms with van der Waals surface area (Å²) in [5.41, 5.74) is 1.14. The molecule has 0 spiro atoms. The number of aromatic nitrogens is 5. The lowest BCUT2D eigenvalue weighted by molar-refractivity contribution is -0.145. The minimum absolute atomic E-state index is 0.0541. The minimum atomic E-state index is -4.57. The Morgan fingerprint density at radius 1 is 1.09 bits per heavy atom. The maximum atomic E-state index is 12.4. The number of hydrogen-bond acceptors (Lipinski definition) is 5. The normalized spacial score (nSPS) is 11.8. The molecular formula is C14H12F3N5O. The van der Waals surface area contributed by atoms with Gasteiger partial charge in [0.25, 0.3) is 5.82 Å². The largest absolute Gasteiger partial charge is 0.453 e. The minimum Gasteiger partial charge on any atom is -0.337 e. The fourth-order valence-corrected chi connectivity index (χ4v) is 2.00. The summed E-state index contributed by atoms with van der Waals surface area (Å²) in [5.74, 6) is -0.506. The van der Waals surface area contributed by atoms with Crippen LogP contribution < -0.4 is 0 Å². The van der Waals surface area contributed by atoms with Gasteiger partial charge in [-0.25, -0.2) is 9.67 Å². The van der Waals surface area contributed by atoms with E-state index < -0.39 is 12.0 Å². The summed E-state index contributed by atoms with van der Waals surface area (Å²) in [6.45, 7) is -0.0541. The summed E-state index contributed by atoms with van der Waals surface area (Å²) >= 11 is 0. The molecule has 2 aromatic heterocycles. The van der Waals surface area contributed by atoms with Crippen LogP contribution in [0.3, 0.4) is 0 Å². The van der Waals surface area contributed by atoms with E-state index in [1.165, 1.54) is 0 Å². The highest BCUT2D eigenvalue weighted by Gasteiger charge is 2.35. The van der Waals surface area contributed by atoms with Gasteiger partial charge >= 0.3 is 6.18 Å². The van der Waals surface area contributed by atoms with E-state index in [1.807, 2.05) is 30.3 Å². The summed E-state index contributed by atoms with van der Waals surface area (Å²) in [4.78, 5) is 7.35. The highest BCUT2D eigenvalue weighted by atomic mass is 19.4. The fraction of sp³-hybridized carbons (Fsp3) is 0.286. The lowest BCUT2D eigenvalue weighted by Crippen LogP contribution is -2.09. The molecule has 120 valence electrons. The Morgan fingerprint density at radius 3 is 2.57 bits per heavy atom. The van der Waals surface area contributed by atoms with E-state index in [4.69, 9.17) is 4.52 Å². The molecule has 2 heterocycles. The van der Waals surface area contributed by atoms with E-state index in [2.05, 4.69) is 20.2 Å². The van der Waals surface area contributed by atoms with Crippen molar-refractivity contribution < 1.29 is 17.7 Å². The van der Waals surface area contributed by atoms with Crippen molar-refractivity contribution in [1.29, 1.82) is 0 Å². The molecule has 3 rings (SSSR count). The summed E-state index contributed by atoms with van der Waals surface area (Å²) < 4.78 is 43.3. The van der Waals surface area contributed by atoms with Gasteiger partial charge in [-0.3, -0.25) is 0 Å². The van der Waals surface area contributed by atoms with E-state index in [0.29, 0.717) is 12.2 Å². The predicted octanol–water partition coefficient (Wildman–Crippen LogP) is 2.51. The monoisotopic (exact) mass is 323 g/mol. The van der Waals surface area contributed by atoms with Crippen molar-refractivity contribution in [3.63, 3.8) is 0 Å². The van der Waals surface area contributed by atoms with Gasteiger partial charge in [0.1, 0.15) is 12.9 Å². The summed E-state index contributed by atoms with van der Waals surface area (Å²) in [7, 11) is 0. The molecule has 0 fully saturated rings. The van der Waals surface area contributed by atoms with Crippen molar-refractivity contribution >= 4 is 0 Å². The Kier molecular flexibility index (Phi) is 4.09. The van der Waals surface area contributed by atoms with Gasteiger partial charge in [-0.15, -0.1) is 5.10 Å². The van der Waals surface area contributed by atoms with Crippen molar-refractivity contribution in [1.82, 2.24) is 24.9 Å². The zero-order chi connectivity index (χ0) is 16.3. The zero-order valence-electron chi connectivity index (χ0n) is 11.9. The van der Waals surface area contributed by atoms with Gasteiger partial charge in [-0.1, -0.05) is 35.5 Å². The van der Waals surface area contributed by atoms with Crippen LogP contribution in [-0.4, -0.2) is 24.9 Å². The number of nitrogens with zero attached hydrogens (tertiary/aromatic N) is 5. The van der Waals surface area contributed by atoms with Crippen LogP contribution in [0.25, 0.3) is 0 Å². The quantitative estimate of drug-likeness (QED) is 0.721. The number of hydrogen-bond donors (Lipinski definition) is 0. The van der Waals surface area contributed by atoms with E-state index in [1.54, 1.807) is 0 Å². The summed E-state index contributed by atoms with van der Waals surface area (Å²) in [6, 6.07) is 9.81. The molecule has 0 radical (unpaired) electrons. The average molecular weight is 323 g/mol. The Hall–Kier alpha value is -2.71. The van der Waals surface area contributed by atoms with Crippen LogP contribution in [0.4, 0.5) is 13.2 Å². The van der Waals surface area contributed by atoms with Crippen molar-refractivity contribution in [3.8, 4) is 0 Å². The van der Waals surface area contributed by atoms with Crippen LogP contribution in [0.15, 0.2) is 41.2 Å². The number of benzene rings is 1. The zero-order valence-corrected chi connectivity index (χ0v) is 11.9. The predicted molar refractivity (Wildman–Crippen MR) is 72.3 cm³/mol. The Morgan fingerprint density at radius 2 is 1.87 bits per heavy atom. The maximum absolute atomic E-state index is 12.4. The third kappa shape index (κ3) is 3.93. The number of alkyl halides is 3. The van der Waals surface area contributed by atoms with Crippen molar-refractivity contribution in [2.24, 2.45) is 0 Å². The molecule has 0 aliphatic heterocycles. The molecule has 0 N–H and O–H groups in total. The van der Waals surface area contributed by atoms with Gasteiger partial charge in [-0.2, -0.15) is 18.2 Å². The molecule has 6 nitrogen and oxygen atoms in total. The molecule has 0 aliphatic rings. The first kappa shape index (κ1) is 15.2. The summed E-state index contributed by atoms with van der Waals surface area (Å²) in [5, 5.41) is 7.15. The topological polar surface area (TPSA) is 69.6 Å². The highest BCUT2D eigenvalue weighted by molar-refractivity contribution is 5.15. The molecule has 0 bridgehead atoms. The summed E-state index contributed by atoms with van der Waals surface area (Å²) in [6.07, 6.45) is -2.25. The lowest BCUT2D eigenvalue weighted by Gasteiger charge is -1.98. The number of aryl methyl sites for hydroxylation is 2. The second-order valence-electron chi connectivity index (χ2n) is 4.85. The third-order valence-electron chi connectivity index (χ3n) is 3.08. The van der Waals surface area contributed by atoms with Crippen LogP contribution in [-0.2, 0) is 25.6 Å². The number of halogens is 3. The molecule has 23 heavy (non-hydrogen) atoms. The third-order valence-corrected chi connectivity index (χ3v) is 3.08. The SMILES string of the molecule is FC(F)(F)c1ncn(Cc2nc(CCc3ccccc3)no2)n1. The van der Waals surface area contributed by atoms with Crippen LogP contribution in [0, 0.1) is 0 Å². The molecule has 0 unspecified atom stereocenters. The van der Waals surface area contributed by atoms with E-state index in [-0.39, 0.29) is 12.4 Å². The van der Waals surface area contributed by atoms with E-state index in [9.17, 15) is 13.2 Å². The molecule has 0 saturated carbocycles. The Bertz CT molecular complexity index is 766. The Labute approximate surface area is 129 Å². The molecule has 1 aromatic carbocycles. The van der Waals surface area contributed by atoms with Crippen LogP contribution in [0.2, 0.25) is 0 Å². The van der Waals surface area contributed by atoms with Gasteiger partial charge in [0.2, 0.25) is 5.89 Å². The average Bonchev–Trinajstić information content (AvgIpc) is 3.16. The molecule has 9 heteroatoms. The van der Waals surface area contributed by atoms with Crippen molar-refractivity contribution in [3.05, 3.63) is 59.8 Å². The van der Waals surface area contributed by atoms with Crippen molar-refractivity contribution in [2.75, 3.05) is 0 Å². The maximum Gasteiger partial charge on any atom is 0.453 e. The second kappa shape index (κ2) is 6.19. The van der Waals surface area contributed by atoms with Crippen LogP contribution >= 0.6 is 0 Å². The molecule has 0 atom stereocenters. The lowest BCUT2D eigenvalue weighted by atomic mass is 10.1. The molecule has 0 saturated heterocycles. The Balaban J connectivity index is 1.60. The van der Waals surface area contributed by atoms with E-state index >= 15 is 0 Å². The molecule has 0 amide bonds. The molecular weight excluding hydrogens is 311 g/mol. The van der Waals surface area contributed by atoms with E-state index in [0.717, 1.165) is 23.0 Å². The van der Waals surface area contributed by atoms with Gasteiger partial charge in [0.15, 0.2) is 5.82 Å². The second-order valence-corrected chi connectivity index (χ2v) is 4.85. The number of rotatable bonds is 5. The first-order valence-corrected chi connectivity index (χ1v) is 6.83. The first-order valence-electron chi connectivity index (χ1n) is 6.83. The van der Waals surface area contributed by atoms with Gasteiger partial charge < -0.3 is 4.52 Å². The van der Waals surface area contributed by atoms with Gasteiger partial charge in [-0.05, 0) is 12.0 Å². The van der Waals surface area contributed by atoms with Crippen LogP contribution in [0.5, 0.6) is 0 Å². The molecule has 3 aromatic rings. The highest BCUT2D eigenvalue weighted by Crippen LogP contribution is 2.25. The first-order chi connectivity index (χ1) is 11.0. The van der Waals surface area contributed by atoms with Gasteiger partial charge in [0, 0.05) is 6.42 Å². The van der Waals surface area contributed by atoms with Gasteiger partial charge in [0.05, 0.1) is 0 Å². The fourth-order valence-electron chi connectivity index (χ4n) is 2.00.